The van der Waals surface area contributed by atoms with Gasteiger partial charge in [0.05, 0.1) is 51.0 Å². The van der Waals surface area contributed by atoms with Crippen molar-refractivity contribution in [3.05, 3.63) is 93.7 Å². The Labute approximate surface area is 419 Å². The molecule has 4 atom stereocenters. The molecule has 4 heterocycles. The normalized spacial score (nSPS) is 21.7. The van der Waals surface area contributed by atoms with Crippen LogP contribution in [-0.2, 0) is 14.4 Å². The zero-order chi connectivity index (χ0) is 50.7. The lowest BCUT2D eigenvalue weighted by atomic mass is 9.49. The molecule has 18 heteroatoms. The van der Waals surface area contributed by atoms with E-state index in [2.05, 4.69) is 69.5 Å². The van der Waals surface area contributed by atoms with Gasteiger partial charge in [-0.1, -0.05) is 84.3 Å². The van der Waals surface area contributed by atoms with Crippen LogP contribution in [0, 0.1) is 34.5 Å². The van der Waals surface area contributed by atoms with Crippen molar-refractivity contribution in [2.75, 3.05) is 50.8 Å². The molecule has 2 aromatic heterocycles. The topological polar surface area (TPSA) is 213 Å². The molecule has 7 rings (SSSR count). The number of β-amino-alcohol motifs (C(OH)–C–C–N with tert-alkyl or cyclic N) is 1. The number of nitrogens with one attached hydrogen (secondary N) is 3. The molecule has 2 saturated heterocycles. The first-order valence-corrected chi connectivity index (χ1v) is 25.2. The van der Waals surface area contributed by atoms with Gasteiger partial charge in [-0.3, -0.25) is 24.1 Å². The molecule has 0 spiro atoms. The van der Waals surface area contributed by atoms with E-state index in [1.807, 2.05) is 58.0 Å². The number of hydrogen-bond donors (Lipinski definition) is 5. The first-order chi connectivity index (χ1) is 33.1. The standard InChI is InChI=1S/C52H66ClN9O7S/c1-31-43(70-30-56-31)33-13-11-32(12-14-33)39(29-63)57-46(67)40-24-36(64)28-62(40)47(68)44(50(2,3)4)58-42(65)10-9-19-60-20-22-61(23-21-60)41-18-16-35(27-55-41)45(66)59-48-51(5,6)49(52(48,7)8)69-37-17-15-34(26-54)38(53)25-37/h11-18,25,27,30,36,39-40,44,48-49,63-64H,9-10,19-24,28-29H2,1-8H3,(H,57,67)(H,58,65)(H,59,66)/t36-,39+,40+,44-,48-,49-/m1/s1. The van der Waals surface area contributed by atoms with Crippen LogP contribution < -0.4 is 25.6 Å². The number of carbonyl (C=O) groups is 4. The molecule has 4 aromatic rings. The van der Waals surface area contributed by atoms with Crippen molar-refractivity contribution in [2.24, 2.45) is 16.2 Å². The van der Waals surface area contributed by atoms with E-state index in [4.69, 9.17) is 16.3 Å². The van der Waals surface area contributed by atoms with E-state index in [0.29, 0.717) is 40.4 Å². The van der Waals surface area contributed by atoms with Crippen molar-refractivity contribution in [3.63, 3.8) is 0 Å². The average Bonchev–Trinajstić information content (AvgIpc) is 3.95. The number of aliphatic hydroxyl groups excluding tert-OH is 2. The number of thiazole rings is 1. The Bertz CT molecular complexity index is 2550. The van der Waals surface area contributed by atoms with Crippen LogP contribution in [0.4, 0.5) is 5.82 Å². The second-order valence-corrected chi connectivity index (χ2v) is 22.3. The van der Waals surface area contributed by atoms with Crippen LogP contribution in [0.25, 0.3) is 10.4 Å². The zero-order valence-corrected chi connectivity index (χ0v) is 42.9. The van der Waals surface area contributed by atoms with Crippen molar-refractivity contribution < 1.29 is 34.1 Å². The van der Waals surface area contributed by atoms with Gasteiger partial charge in [-0.15, -0.1) is 11.3 Å². The molecule has 0 bridgehead atoms. The lowest BCUT2D eigenvalue weighted by Crippen LogP contribution is -2.74. The maximum Gasteiger partial charge on any atom is 0.253 e. The van der Waals surface area contributed by atoms with E-state index in [0.717, 1.165) is 48.1 Å². The number of pyridine rings is 1. The number of aromatic nitrogens is 2. The average molecular weight is 997 g/mol. The molecule has 2 aromatic carbocycles. The number of aryl methyl sites for hydroxylation is 1. The quantitative estimate of drug-likeness (QED) is 0.0889. The summed E-state index contributed by atoms with van der Waals surface area (Å²) in [6, 6.07) is 15.4. The summed E-state index contributed by atoms with van der Waals surface area (Å²) in [5, 5.41) is 39.6. The Morgan fingerprint density at radius 2 is 1.69 bits per heavy atom. The third-order valence-corrected chi connectivity index (χ3v) is 15.4. The Hall–Kier alpha value is -5.64. The molecule has 0 radical (unpaired) electrons. The predicted molar refractivity (Wildman–Crippen MR) is 269 cm³/mol. The molecule has 3 fully saturated rings. The number of nitrogens with zero attached hydrogens (tertiary/aromatic N) is 6. The molecular formula is C52H66ClN9O7S. The number of anilines is 1. The number of aliphatic hydroxyl groups is 2. The van der Waals surface area contributed by atoms with Crippen molar-refractivity contribution in [2.45, 2.75) is 111 Å². The molecule has 374 valence electrons. The number of hydrogen-bond acceptors (Lipinski definition) is 13. The number of likely N-dealkylation sites (tertiary alicyclic amines) is 1. The van der Waals surface area contributed by atoms with Gasteiger partial charge in [0.15, 0.2) is 0 Å². The van der Waals surface area contributed by atoms with Gasteiger partial charge in [0.25, 0.3) is 5.91 Å². The number of rotatable bonds is 16. The lowest BCUT2D eigenvalue weighted by molar-refractivity contribution is -0.164. The minimum atomic E-state index is -0.986. The number of nitriles is 1. The molecule has 16 nitrogen and oxygen atoms in total. The molecule has 3 aliphatic rings. The largest absolute Gasteiger partial charge is 0.489 e. The number of piperazine rings is 1. The number of carbonyl (C=O) groups excluding carboxylic acids is 4. The van der Waals surface area contributed by atoms with E-state index in [9.17, 15) is 34.7 Å². The van der Waals surface area contributed by atoms with Gasteiger partial charge in [0, 0.05) is 74.7 Å². The lowest BCUT2D eigenvalue weighted by Gasteiger charge is -2.63. The second kappa shape index (κ2) is 21.4. The van der Waals surface area contributed by atoms with Crippen LogP contribution in [0.3, 0.4) is 0 Å². The van der Waals surface area contributed by atoms with Gasteiger partial charge >= 0.3 is 0 Å². The van der Waals surface area contributed by atoms with Crippen molar-refractivity contribution >= 4 is 52.4 Å². The molecule has 1 aliphatic carbocycles. The fourth-order valence-corrected chi connectivity index (χ4v) is 11.5. The summed E-state index contributed by atoms with van der Waals surface area (Å²) < 4.78 is 6.37. The number of benzene rings is 2. The van der Waals surface area contributed by atoms with Crippen molar-refractivity contribution in [3.8, 4) is 22.3 Å². The summed E-state index contributed by atoms with van der Waals surface area (Å²) in [6.45, 7) is 19.0. The SMILES string of the molecule is Cc1ncsc1-c1ccc([C@H](CO)NC(=O)[C@@H]2C[C@@H](O)CN2C(=O)[C@@H](NC(=O)CCCN2CCN(c3ccc(C(=O)N[C@H]4C(C)(C)[C@H](Oc5ccc(C#N)c(Cl)c5)C4(C)C)cn3)CC2)C(C)(C)C)cc1. The predicted octanol–water partition coefficient (Wildman–Crippen LogP) is 5.90. The fraction of sp³-hybridized carbons (Fsp3) is 0.519. The van der Waals surface area contributed by atoms with Crippen molar-refractivity contribution in [1.29, 1.82) is 5.26 Å². The first-order valence-electron chi connectivity index (χ1n) is 23.9. The van der Waals surface area contributed by atoms with Gasteiger partial charge in [0.2, 0.25) is 17.7 Å². The Morgan fingerprint density at radius 3 is 2.27 bits per heavy atom. The molecule has 5 N–H and O–H groups in total. The molecule has 0 unspecified atom stereocenters. The minimum Gasteiger partial charge on any atom is -0.489 e. The highest BCUT2D eigenvalue weighted by Crippen LogP contribution is 2.55. The number of halogens is 1. The van der Waals surface area contributed by atoms with Crippen LogP contribution >= 0.6 is 22.9 Å². The van der Waals surface area contributed by atoms with Gasteiger partial charge in [0.1, 0.15) is 35.8 Å². The summed E-state index contributed by atoms with van der Waals surface area (Å²) in [4.78, 5) is 70.8. The summed E-state index contributed by atoms with van der Waals surface area (Å²) in [6.07, 6.45) is 1.27. The molecular weight excluding hydrogens is 930 g/mol. The number of ether oxygens (including phenoxy) is 1. The van der Waals surface area contributed by atoms with Crippen molar-refractivity contribution in [1.82, 2.24) is 35.7 Å². The van der Waals surface area contributed by atoms with E-state index >= 15 is 0 Å². The highest BCUT2D eigenvalue weighted by molar-refractivity contribution is 7.13. The smallest absolute Gasteiger partial charge is 0.253 e. The summed E-state index contributed by atoms with van der Waals surface area (Å²) in [7, 11) is 0. The Balaban J connectivity index is 0.856. The highest BCUT2D eigenvalue weighted by Gasteiger charge is 2.64. The Morgan fingerprint density at radius 1 is 0.986 bits per heavy atom. The van der Waals surface area contributed by atoms with Crippen LogP contribution in [-0.4, -0.2) is 130 Å². The van der Waals surface area contributed by atoms with Gasteiger partial charge in [-0.05, 0) is 60.7 Å². The fourth-order valence-electron chi connectivity index (χ4n) is 10.5. The van der Waals surface area contributed by atoms with E-state index < -0.39 is 52.3 Å². The minimum absolute atomic E-state index is 0.0336. The van der Waals surface area contributed by atoms with E-state index in [1.165, 1.54) is 16.2 Å². The van der Waals surface area contributed by atoms with Gasteiger partial charge in [-0.25, -0.2) is 9.97 Å². The van der Waals surface area contributed by atoms with Crippen LogP contribution in [0.1, 0.15) is 101 Å². The number of amides is 4. The monoisotopic (exact) mass is 995 g/mol. The maximum atomic E-state index is 14.2. The highest BCUT2D eigenvalue weighted by atomic mass is 35.5. The molecule has 1 saturated carbocycles. The summed E-state index contributed by atoms with van der Waals surface area (Å²) >= 11 is 7.79. The molecule has 70 heavy (non-hydrogen) atoms. The Kier molecular flexibility index (Phi) is 15.9. The molecule has 2 aliphatic heterocycles. The third kappa shape index (κ3) is 11.4. The second-order valence-electron chi connectivity index (χ2n) is 21.0. The summed E-state index contributed by atoms with van der Waals surface area (Å²) in [5.74, 6) is -0.0801. The first kappa shape index (κ1) is 52.2. The zero-order valence-electron chi connectivity index (χ0n) is 41.3. The van der Waals surface area contributed by atoms with E-state index in [1.54, 1.807) is 36.0 Å². The van der Waals surface area contributed by atoms with Gasteiger partial charge in [-0.2, -0.15) is 5.26 Å². The van der Waals surface area contributed by atoms with Gasteiger partial charge < -0.3 is 40.7 Å². The van der Waals surface area contributed by atoms with Crippen LogP contribution in [0.2, 0.25) is 5.02 Å². The van der Waals surface area contributed by atoms with Crippen LogP contribution in [0.15, 0.2) is 66.3 Å². The van der Waals surface area contributed by atoms with Crippen LogP contribution in [0.5, 0.6) is 5.75 Å². The third-order valence-electron chi connectivity index (χ3n) is 14.1. The summed E-state index contributed by atoms with van der Waals surface area (Å²) in [5.41, 5.74) is 3.71. The molecule has 4 amide bonds. The maximum absolute atomic E-state index is 14.2. The van der Waals surface area contributed by atoms with E-state index in [-0.39, 0.29) is 50.0 Å².